The van der Waals surface area contributed by atoms with Gasteiger partial charge in [0.2, 0.25) is 0 Å². The number of aryl methyl sites for hydroxylation is 1. The summed E-state index contributed by atoms with van der Waals surface area (Å²) < 4.78 is 49.2. The monoisotopic (exact) mass is 387 g/mol. The number of aliphatic imine (C=N–C) groups is 1. The molecule has 3 heterocycles. The second-order valence-corrected chi connectivity index (χ2v) is 6.34. The SMILES string of the molecule is COc1ccc2c(c1)N(c1cc(C)[nH]n1)C(C(F)(F)c1ccc(F)cn1)N=C2. The van der Waals surface area contributed by atoms with Gasteiger partial charge in [0.15, 0.2) is 12.0 Å². The first-order chi connectivity index (χ1) is 13.4. The Morgan fingerprint density at radius 2 is 2.00 bits per heavy atom. The molecule has 0 fully saturated rings. The van der Waals surface area contributed by atoms with Gasteiger partial charge in [-0.05, 0) is 31.2 Å². The van der Waals surface area contributed by atoms with Crippen LogP contribution in [0, 0.1) is 12.7 Å². The van der Waals surface area contributed by atoms with Crippen molar-refractivity contribution in [3.63, 3.8) is 0 Å². The topological polar surface area (TPSA) is 66.4 Å². The molecule has 3 aromatic rings. The van der Waals surface area contributed by atoms with Crippen molar-refractivity contribution in [2.24, 2.45) is 4.99 Å². The van der Waals surface area contributed by atoms with Crippen LogP contribution in [0.2, 0.25) is 0 Å². The molecule has 4 rings (SSSR count). The summed E-state index contributed by atoms with van der Waals surface area (Å²) in [6.07, 6.45) is 0.482. The third-order valence-corrected chi connectivity index (χ3v) is 4.43. The van der Waals surface area contributed by atoms with Gasteiger partial charge in [-0.15, -0.1) is 0 Å². The second-order valence-electron chi connectivity index (χ2n) is 6.34. The van der Waals surface area contributed by atoms with Gasteiger partial charge in [-0.1, -0.05) is 0 Å². The highest BCUT2D eigenvalue weighted by Crippen LogP contribution is 2.43. The van der Waals surface area contributed by atoms with Crippen LogP contribution >= 0.6 is 0 Å². The van der Waals surface area contributed by atoms with Crippen LogP contribution in [0.5, 0.6) is 5.75 Å². The summed E-state index contributed by atoms with van der Waals surface area (Å²) in [5, 5.41) is 6.90. The molecule has 2 aromatic heterocycles. The summed E-state index contributed by atoms with van der Waals surface area (Å²) in [6.45, 7) is 1.77. The molecule has 0 spiro atoms. The average Bonchev–Trinajstić information content (AvgIpc) is 3.12. The number of fused-ring (bicyclic) bond motifs is 1. The minimum atomic E-state index is -3.52. The molecule has 1 aliphatic heterocycles. The van der Waals surface area contributed by atoms with E-state index < -0.39 is 23.6 Å². The third-order valence-electron chi connectivity index (χ3n) is 4.43. The summed E-state index contributed by atoms with van der Waals surface area (Å²) >= 11 is 0. The minimum Gasteiger partial charge on any atom is -0.497 e. The number of hydrogen-bond donors (Lipinski definition) is 1. The summed E-state index contributed by atoms with van der Waals surface area (Å²) in [4.78, 5) is 8.98. The van der Waals surface area contributed by atoms with Crippen LogP contribution in [-0.2, 0) is 5.92 Å². The number of anilines is 2. The van der Waals surface area contributed by atoms with E-state index in [-0.39, 0.29) is 5.82 Å². The molecule has 1 atom stereocenters. The van der Waals surface area contributed by atoms with Crippen LogP contribution < -0.4 is 9.64 Å². The zero-order valence-electron chi connectivity index (χ0n) is 15.0. The van der Waals surface area contributed by atoms with Gasteiger partial charge in [-0.25, -0.2) is 4.39 Å². The Balaban J connectivity index is 1.87. The number of benzene rings is 1. The number of rotatable bonds is 4. The molecule has 28 heavy (non-hydrogen) atoms. The largest absolute Gasteiger partial charge is 0.497 e. The lowest BCUT2D eigenvalue weighted by molar-refractivity contribution is -0.0329. The first-order valence-corrected chi connectivity index (χ1v) is 8.42. The molecule has 0 saturated carbocycles. The number of nitrogens with zero attached hydrogens (tertiary/aromatic N) is 4. The number of pyridine rings is 1. The quantitative estimate of drug-likeness (QED) is 0.736. The van der Waals surface area contributed by atoms with Crippen LogP contribution in [0.1, 0.15) is 17.0 Å². The van der Waals surface area contributed by atoms with Gasteiger partial charge in [-0.2, -0.15) is 13.9 Å². The molecule has 1 unspecified atom stereocenters. The first kappa shape index (κ1) is 18.0. The lowest BCUT2D eigenvalue weighted by Gasteiger charge is -2.37. The number of ether oxygens (including phenoxy) is 1. The second kappa shape index (κ2) is 6.66. The highest BCUT2D eigenvalue weighted by molar-refractivity contribution is 5.92. The van der Waals surface area contributed by atoms with Gasteiger partial charge in [0.05, 0.1) is 19.0 Å². The number of aromatic amines is 1. The van der Waals surface area contributed by atoms with Crippen molar-refractivity contribution in [1.29, 1.82) is 0 Å². The summed E-state index contributed by atoms with van der Waals surface area (Å²) in [5.74, 6) is -3.43. The maximum atomic E-state index is 15.4. The van der Waals surface area contributed by atoms with Crippen molar-refractivity contribution < 1.29 is 17.9 Å². The van der Waals surface area contributed by atoms with Crippen LogP contribution in [0.25, 0.3) is 0 Å². The standard InChI is InChI=1S/C19H16F3N5O/c1-11-7-17(26-25-11)27-15-8-14(28-2)5-3-12(15)9-24-18(27)19(21,22)16-6-4-13(20)10-23-16/h3-10,18H,1-2H3,(H,25,26). The molecule has 144 valence electrons. The first-order valence-electron chi connectivity index (χ1n) is 8.42. The number of alkyl halides is 2. The van der Waals surface area contributed by atoms with Gasteiger partial charge in [0.25, 0.3) is 0 Å². The summed E-state index contributed by atoms with van der Waals surface area (Å²) in [6, 6.07) is 8.65. The molecule has 6 nitrogen and oxygen atoms in total. The fourth-order valence-corrected chi connectivity index (χ4v) is 3.05. The van der Waals surface area contributed by atoms with Gasteiger partial charge < -0.3 is 4.74 Å². The number of aromatic nitrogens is 3. The Morgan fingerprint density at radius 3 is 2.64 bits per heavy atom. The third kappa shape index (κ3) is 2.98. The highest BCUT2D eigenvalue weighted by atomic mass is 19.3. The van der Waals surface area contributed by atoms with Crippen LogP contribution in [0.4, 0.5) is 24.7 Å². The minimum absolute atomic E-state index is 0.274. The van der Waals surface area contributed by atoms with Gasteiger partial charge >= 0.3 is 5.92 Å². The van der Waals surface area contributed by atoms with E-state index in [0.717, 1.165) is 18.3 Å². The Morgan fingerprint density at radius 1 is 1.18 bits per heavy atom. The van der Waals surface area contributed by atoms with Crippen molar-refractivity contribution in [2.75, 3.05) is 12.0 Å². The van der Waals surface area contributed by atoms with E-state index in [1.165, 1.54) is 18.2 Å². The molecule has 1 aliphatic rings. The molecule has 1 N–H and O–H groups in total. The van der Waals surface area contributed by atoms with Crippen molar-refractivity contribution >= 4 is 17.7 Å². The fourth-order valence-electron chi connectivity index (χ4n) is 3.05. The fraction of sp³-hybridized carbons (Fsp3) is 0.211. The molecule has 0 aliphatic carbocycles. The molecular weight excluding hydrogens is 371 g/mol. The number of H-pyrrole nitrogens is 1. The molecular formula is C19H16F3N5O. The maximum absolute atomic E-state index is 15.4. The maximum Gasteiger partial charge on any atom is 0.329 e. The predicted molar refractivity (Wildman–Crippen MR) is 97.9 cm³/mol. The van der Waals surface area contributed by atoms with E-state index in [2.05, 4.69) is 20.2 Å². The Kier molecular flexibility index (Phi) is 4.29. The van der Waals surface area contributed by atoms with Crippen molar-refractivity contribution in [2.45, 2.75) is 19.0 Å². The number of nitrogens with one attached hydrogen (secondary N) is 1. The predicted octanol–water partition coefficient (Wildman–Crippen LogP) is 3.95. The number of methoxy groups -OCH3 is 1. The lowest BCUT2D eigenvalue weighted by atomic mass is 10.0. The van der Waals surface area contributed by atoms with Gasteiger partial charge in [0.1, 0.15) is 17.3 Å². The van der Waals surface area contributed by atoms with Gasteiger partial charge in [-0.3, -0.25) is 20.0 Å². The Bertz CT molecular complexity index is 1030. The van der Waals surface area contributed by atoms with Crippen molar-refractivity contribution in [3.8, 4) is 5.75 Å². The smallest absolute Gasteiger partial charge is 0.329 e. The summed E-state index contributed by atoms with van der Waals surface area (Å²) in [7, 11) is 1.50. The van der Waals surface area contributed by atoms with E-state index >= 15 is 8.78 Å². The number of halogens is 3. The van der Waals surface area contributed by atoms with E-state index in [0.29, 0.717) is 22.7 Å². The Hall–Kier alpha value is -3.36. The Labute approximate surface area is 158 Å². The van der Waals surface area contributed by atoms with Crippen LogP contribution in [0.15, 0.2) is 47.6 Å². The van der Waals surface area contributed by atoms with E-state index in [1.807, 2.05) is 0 Å². The number of hydrogen-bond acceptors (Lipinski definition) is 5. The average molecular weight is 387 g/mol. The molecule has 0 saturated heterocycles. The van der Waals surface area contributed by atoms with Crippen molar-refractivity contribution in [3.05, 3.63) is 65.4 Å². The zero-order chi connectivity index (χ0) is 19.9. The van der Waals surface area contributed by atoms with Crippen LogP contribution in [-0.4, -0.2) is 34.7 Å². The van der Waals surface area contributed by atoms with Crippen molar-refractivity contribution in [1.82, 2.24) is 15.2 Å². The lowest BCUT2D eigenvalue weighted by Crippen LogP contribution is -2.45. The molecule has 0 bridgehead atoms. The molecule has 9 heteroatoms. The highest BCUT2D eigenvalue weighted by Gasteiger charge is 2.49. The molecule has 0 radical (unpaired) electrons. The van der Waals surface area contributed by atoms with E-state index in [1.54, 1.807) is 31.2 Å². The summed E-state index contributed by atoms with van der Waals surface area (Å²) in [5.41, 5.74) is 1.23. The molecule has 0 amide bonds. The zero-order valence-corrected chi connectivity index (χ0v) is 15.0. The van der Waals surface area contributed by atoms with E-state index in [4.69, 9.17) is 4.74 Å². The van der Waals surface area contributed by atoms with Crippen LogP contribution in [0.3, 0.4) is 0 Å². The van der Waals surface area contributed by atoms with E-state index in [9.17, 15) is 4.39 Å². The van der Waals surface area contributed by atoms with Gasteiger partial charge in [0, 0.05) is 29.6 Å². The normalized spacial score (nSPS) is 16.2. The molecule has 1 aromatic carbocycles.